The van der Waals surface area contributed by atoms with E-state index in [1.165, 1.54) is 40.8 Å². The van der Waals surface area contributed by atoms with E-state index in [2.05, 4.69) is 89.7 Å². The fourth-order valence-electron chi connectivity index (χ4n) is 4.06. The molecular formula is C25H31Cl2N3. The van der Waals surface area contributed by atoms with Gasteiger partial charge in [-0.2, -0.15) is 0 Å². The van der Waals surface area contributed by atoms with Crippen LogP contribution in [-0.4, -0.2) is 24.1 Å². The van der Waals surface area contributed by atoms with E-state index >= 15 is 0 Å². The first-order chi connectivity index (χ1) is 13.7. The van der Waals surface area contributed by atoms with Gasteiger partial charge in [0.25, 0.3) is 0 Å². The van der Waals surface area contributed by atoms with Crippen LogP contribution in [0, 0.1) is 13.8 Å². The van der Waals surface area contributed by atoms with Crippen molar-refractivity contribution >= 4 is 30.5 Å². The number of aromatic nitrogens is 1. The van der Waals surface area contributed by atoms with Gasteiger partial charge in [-0.15, -0.1) is 24.8 Å². The fourth-order valence-corrected chi connectivity index (χ4v) is 4.06. The van der Waals surface area contributed by atoms with E-state index in [0.717, 1.165) is 25.3 Å². The Bertz CT molecular complexity index is 922. The van der Waals surface area contributed by atoms with Gasteiger partial charge in [-0.25, -0.2) is 0 Å². The van der Waals surface area contributed by atoms with Crippen molar-refractivity contribution in [3.8, 4) is 11.3 Å². The summed E-state index contributed by atoms with van der Waals surface area (Å²) < 4.78 is 0. The molecular weight excluding hydrogens is 413 g/mol. The van der Waals surface area contributed by atoms with Crippen molar-refractivity contribution in [3.05, 3.63) is 83.6 Å². The van der Waals surface area contributed by atoms with Gasteiger partial charge in [0.15, 0.2) is 0 Å². The molecule has 1 saturated heterocycles. The summed E-state index contributed by atoms with van der Waals surface area (Å²) in [5, 5.41) is 3.49. The number of rotatable bonds is 5. The van der Waals surface area contributed by atoms with Crippen molar-refractivity contribution < 1.29 is 0 Å². The summed E-state index contributed by atoms with van der Waals surface area (Å²) in [6.45, 7) is 7.40. The molecule has 2 heterocycles. The van der Waals surface area contributed by atoms with E-state index in [4.69, 9.17) is 0 Å². The number of nitrogens with one attached hydrogen (secondary N) is 1. The number of hydrogen-bond donors (Lipinski definition) is 1. The number of benzene rings is 2. The predicted octanol–water partition coefficient (Wildman–Crippen LogP) is 5.97. The van der Waals surface area contributed by atoms with Crippen molar-refractivity contribution in [3.63, 3.8) is 0 Å². The summed E-state index contributed by atoms with van der Waals surface area (Å²) >= 11 is 0. The summed E-state index contributed by atoms with van der Waals surface area (Å²) in [7, 11) is 0. The molecule has 0 bridgehead atoms. The fraction of sp³-hybridized carbons (Fsp3) is 0.320. The number of hydrogen-bond acceptors (Lipinski definition) is 3. The average Bonchev–Trinajstić information content (AvgIpc) is 2.74. The molecule has 1 aliphatic heterocycles. The van der Waals surface area contributed by atoms with E-state index in [0.29, 0.717) is 6.04 Å². The van der Waals surface area contributed by atoms with Crippen molar-refractivity contribution in [2.75, 3.05) is 18.0 Å². The van der Waals surface area contributed by atoms with Crippen molar-refractivity contribution in [1.29, 1.82) is 0 Å². The zero-order valence-corrected chi connectivity index (χ0v) is 19.3. The monoisotopic (exact) mass is 443 g/mol. The van der Waals surface area contributed by atoms with E-state index in [-0.39, 0.29) is 24.8 Å². The first-order valence-electron chi connectivity index (χ1n) is 10.3. The molecule has 1 aliphatic rings. The highest BCUT2D eigenvalue weighted by Gasteiger charge is 2.22. The molecule has 4 rings (SSSR count). The van der Waals surface area contributed by atoms with Gasteiger partial charge in [0, 0.05) is 30.0 Å². The van der Waals surface area contributed by atoms with E-state index < -0.39 is 0 Å². The van der Waals surface area contributed by atoms with Crippen LogP contribution in [0.5, 0.6) is 0 Å². The van der Waals surface area contributed by atoms with Crippen LogP contribution in [0.2, 0.25) is 0 Å². The molecule has 160 valence electrons. The second kappa shape index (κ2) is 11.4. The first-order valence-corrected chi connectivity index (χ1v) is 10.3. The summed E-state index contributed by atoms with van der Waals surface area (Å²) in [6, 6.07) is 22.4. The number of halogens is 2. The van der Waals surface area contributed by atoms with Crippen molar-refractivity contribution in [2.45, 2.75) is 39.3 Å². The minimum Gasteiger partial charge on any atom is -0.364 e. The minimum absolute atomic E-state index is 0. The predicted molar refractivity (Wildman–Crippen MR) is 132 cm³/mol. The molecule has 0 amide bonds. The Morgan fingerprint density at radius 2 is 1.63 bits per heavy atom. The third-order valence-corrected chi connectivity index (χ3v) is 5.71. The molecule has 30 heavy (non-hydrogen) atoms. The average molecular weight is 444 g/mol. The lowest BCUT2D eigenvalue weighted by molar-refractivity contribution is 0.428. The van der Waals surface area contributed by atoms with Gasteiger partial charge in [-0.1, -0.05) is 42.0 Å². The summed E-state index contributed by atoms with van der Waals surface area (Å²) in [4.78, 5) is 7.23. The maximum Gasteiger partial charge on any atom is 0.0708 e. The zero-order chi connectivity index (χ0) is 19.3. The summed E-state index contributed by atoms with van der Waals surface area (Å²) in [5.41, 5.74) is 7.47. The maximum absolute atomic E-state index is 4.65. The lowest BCUT2D eigenvalue weighted by Gasteiger charge is -2.36. The van der Waals surface area contributed by atoms with Gasteiger partial charge in [0.2, 0.25) is 0 Å². The molecule has 2 aromatic carbocycles. The molecule has 0 unspecified atom stereocenters. The van der Waals surface area contributed by atoms with Crippen LogP contribution in [0.4, 0.5) is 5.69 Å². The Morgan fingerprint density at radius 3 is 2.33 bits per heavy atom. The Balaban J connectivity index is 0.00000160. The molecule has 3 nitrogen and oxygen atoms in total. The normalized spacial score (nSPS) is 13.8. The Labute approximate surface area is 192 Å². The second-order valence-electron chi connectivity index (χ2n) is 7.81. The lowest BCUT2D eigenvalue weighted by atomic mass is 10.0. The number of aryl methyl sites for hydroxylation is 2. The maximum atomic E-state index is 4.65. The topological polar surface area (TPSA) is 28.2 Å². The lowest BCUT2D eigenvalue weighted by Crippen LogP contribution is -2.43. The SMILES string of the molecule is Cc1ccc(N(Cc2ccnc(-c3ccccc3C)c2)C2CCNCC2)cc1.Cl.Cl. The van der Waals surface area contributed by atoms with Crippen molar-refractivity contribution in [1.82, 2.24) is 10.3 Å². The smallest absolute Gasteiger partial charge is 0.0708 e. The van der Waals surface area contributed by atoms with Crippen LogP contribution < -0.4 is 10.2 Å². The van der Waals surface area contributed by atoms with Crippen LogP contribution in [0.1, 0.15) is 29.5 Å². The van der Waals surface area contributed by atoms with Crippen LogP contribution in [0.3, 0.4) is 0 Å². The Morgan fingerprint density at radius 1 is 0.933 bits per heavy atom. The third-order valence-electron chi connectivity index (χ3n) is 5.71. The molecule has 1 N–H and O–H groups in total. The van der Waals surface area contributed by atoms with Gasteiger partial charge in [0.1, 0.15) is 0 Å². The number of anilines is 1. The standard InChI is InChI=1S/C25H29N3.2ClH/c1-19-7-9-22(10-8-19)28(23-12-14-26-15-13-23)18-21-11-16-27-25(17-21)24-6-4-3-5-20(24)2;;/h3-11,16-17,23,26H,12-15,18H2,1-2H3;2*1H. The molecule has 0 spiro atoms. The number of nitrogens with zero attached hydrogens (tertiary/aromatic N) is 2. The highest BCUT2D eigenvalue weighted by molar-refractivity contribution is 5.85. The van der Waals surface area contributed by atoms with Crippen LogP contribution >= 0.6 is 24.8 Å². The van der Waals surface area contributed by atoms with Gasteiger partial charge in [-0.05, 0) is 75.2 Å². The number of piperidine rings is 1. The van der Waals surface area contributed by atoms with Gasteiger partial charge < -0.3 is 10.2 Å². The van der Waals surface area contributed by atoms with Crippen LogP contribution in [-0.2, 0) is 6.54 Å². The van der Waals surface area contributed by atoms with Gasteiger partial charge in [-0.3, -0.25) is 4.98 Å². The van der Waals surface area contributed by atoms with E-state index in [9.17, 15) is 0 Å². The molecule has 0 atom stereocenters. The second-order valence-corrected chi connectivity index (χ2v) is 7.81. The quantitative estimate of drug-likeness (QED) is 0.526. The molecule has 3 aromatic rings. The van der Waals surface area contributed by atoms with E-state index in [1.807, 2.05) is 6.20 Å². The van der Waals surface area contributed by atoms with Gasteiger partial charge >= 0.3 is 0 Å². The highest BCUT2D eigenvalue weighted by Crippen LogP contribution is 2.27. The van der Waals surface area contributed by atoms with Gasteiger partial charge in [0.05, 0.1) is 5.69 Å². The number of pyridine rings is 1. The first kappa shape index (κ1) is 24.2. The van der Waals surface area contributed by atoms with Crippen LogP contribution in [0.15, 0.2) is 66.9 Å². The Kier molecular flexibility index (Phi) is 9.16. The highest BCUT2D eigenvalue weighted by atomic mass is 35.5. The minimum atomic E-state index is 0. The van der Waals surface area contributed by atoms with E-state index in [1.54, 1.807) is 0 Å². The Hall–Kier alpha value is -2.07. The van der Waals surface area contributed by atoms with Crippen molar-refractivity contribution in [2.24, 2.45) is 0 Å². The molecule has 0 saturated carbocycles. The molecule has 0 aliphatic carbocycles. The largest absolute Gasteiger partial charge is 0.364 e. The molecule has 1 aromatic heterocycles. The molecule has 5 heteroatoms. The molecule has 0 radical (unpaired) electrons. The summed E-state index contributed by atoms with van der Waals surface area (Å²) in [5.74, 6) is 0. The third kappa shape index (κ3) is 5.75. The summed E-state index contributed by atoms with van der Waals surface area (Å²) in [6.07, 6.45) is 4.32. The zero-order valence-electron chi connectivity index (χ0n) is 17.7. The van der Waals surface area contributed by atoms with Crippen LogP contribution in [0.25, 0.3) is 11.3 Å². The molecule has 1 fully saturated rings.